The monoisotopic (exact) mass is 344 g/mol. The van der Waals surface area contributed by atoms with E-state index in [4.69, 9.17) is 0 Å². The third-order valence-corrected chi connectivity index (χ3v) is 5.52. The molecule has 1 aliphatic rings. The highest BCUT2D eigenvalue weighted by atomic mass is 32.1. The van der Waals surface area contributed by atoms with E-state index in [-0.39, 0.29) is 5.91 Å². The molecule has 0 unspecified atom stereocenters. The van der Waals surface area contributed by atoms with Crippen LogP contribution in [0.2, 0.25) is 0 Å². The quantitative estimate of drug-likeness (QED) is 0.833. The summed E-state index contributed by atoms with van der Waals surface area (Å²) in [6.45, 7) is 2.22. The average molecular weight is 344 g/mol. The van der Waals surface area contributed by atoms with E-state index in [0.29, 0.717) is 18.4 Å². The lowest BCUT2D eigenvalue weighted by molar-refractivity contribution is -0.121. The molecule has 1 aliphatic carbocycles. The van der Waals surface area contributed by atoms with Crippen LogP contribution in [-0.2, 0) is 11.2 Å². The number of nitrogens with zero attached hydrogens (tertiary/aromatic N) is 3. The first-order valence-corrected chi connectivity index (χ1v) is 9.64. The lowest BCUT2D eigenvalue weighted by Crippen LogP contribution is -2.38. The third-order valence-electron chi connectivity index (χ3n) is 4.61. The summed E-state index contributed by atoms with van der Waals surface area (Å²) < 4.78 is 0. The standard InChI is InChI=1S/C18H24N4OS/c1-2-3-5-13-6-4-7-15(13)22-17(23)10-14-12-24-18(21-14)16-11-19-8-9-20-16/h8-9,11-13,15H,2-7,10H2,1H3,(H,22,23)/t13-,15+/m1/s1. The second-order valence-corrected chi connectivity index (χ2v) is 7.28. The van der Waals surface area contributed by atoms with Gasteiger partial charge in [0.05, 0.1) is 18.3 Å². The molecule has 0 saturated heterocycles. The van der Waals surface area contributed by atoms with Gasteiger partial charge in [0.1, 0.15) is 10.7 Å². The Kier molecular flexibility index (Phi) is 5.91. The lowest BCUT2D eigenvalue weighted by atomic mass is 9.96. The molecule has 2 heterocycles. The van der Waals surface area contributed by atoms with Crippen molar-refractivity contribution in [1.82, 2.24) is 20.3 Å². The van der Waals surface area contributed by atoms with E-state index in [1.807, 2.05) is 5.38 Å². The van der Waals surface area contributed by atoms with Crippen LogP contribution in [0.15, 0.2) is 24.0 Å². The van der Waals surface area contributed by atoms with Crippen LogP contribution in [0, 0.1) is 5.92 Å². The van der Waals surface area contributed by atoms with Crippen LogP contribution < -0.4 is 5.32 Å². The first-order valence-electron chi connectivity index (χ1n) is 8.76. The van der Waals surface area contributed by atoms with Crippen molar-refractivity contribution >= 4 is 17.2 Å². The molecule has 0 spiro atoms. The number of carbonyl (C=O) groups excluding carboxylic acids is 1. The molecule has 3 rings (SSSR count). The Hall–Kier alpha value is -1.82. The minimum absolute atomic E-state index is 0.0828. The Labute approximate surface area is 147 Å². The molecular formula is C18H24N4OS. The van der Waals surface area contributed by atoms with Crippen molar-refractivity contribution in [2.24, 2.45) is 5.92 Å². The summed E-state index contributed by atoms with van der Waals surface area (Å²) in [6.07, 6.45) is 12.6. The SMILES string of the molecule is CCCC[C@@H]1CCC[C@@H]1NC(=O)Cc1csc(-c2cnccn2)n1. The first-order chi connectivity index (χ1) is 11.8. The summed E-state index contributed by atoms with van der Waals surface area (Å²) in [4.78, 5) is 25.2. The molecule has 1 saturated carbocycles. The zero-order valence-corrected chi connectivity index (χ0v) is 14.9. The van der Waals surface area contributed by atoms with E-state index < -0.39 is 0 Å². The predicted octanol–water partition coefficient (Wildman–Crippen LogP) is 3.62. The normalized spacial score (nSPS) is 20.2. The van der Waals surface area contributed by atoms with E-state index in [0.717, 1.165) is 22.8 Å². The summed E-state index contributed by atoms with van der Waals surface area (Å²) in [5.74, 6) is 0.735. The predicted molar refractivity (Wildman–Crippen MR) is 95.6 cm³/mol. The summed E-state index contributed by atoms with van der Waals surface area (Å²) >= 11 is 1.51. The van der Waals surface area contributed by atoms with Gasteiger partial charge in [0.2, 0.25) is 5.91 Å². The van der Waals surface area contributed by atoms with Gasteiger partial charge in [0.25, 0.3) is 0 Å². The summed E-state index contributed by atoms with van der Waals surface area (Å²) in [6, 6.07) is 0.349. The maximum atomic E-state index is 12.4. The second kappa shape index (κ2) is 8.33. The minimum Gasteiger partial charge on any atom is -0.353 e. The van der Waals surface area contributed by atoms with Crippen LogP contribution in [-0.4, -0.2) is 26.9 Å². The van der Waals surface area contributed by atoms with Crippen LogP contribution in [0.5, 0.6) is 0 Å². The largest absolute Gasteiger partial charge is 0.353 e. The molecule has 2 aromatic heterocycles. The number of unbranched alkanes of at least 4 members (excludes halogenated alkanes) is 1. The maximum Gasteiger partial charge on any atom is 0.226 e. The van der Waals surface area contributed by atoms with E-state index >= 15 is 0 Å². The Balaban J connectivity index is 1.54. The number of hydrogen-bond acceptors (Lipinski definition) is 5. The molecule has 0 aromatic carbocycles. The Morgan fingerprint density at radius 3 is 3.08 bits per heavy atom. The van der Waals surface area contributed by atoms with Gasteiger partial charge < -0.3 is 5.32 Å². The number of rotatable bonds is 7. The molecule has 24 heavy (non-hydrogen) atoms. The molecule has 1 N–H and O–H groups in total. The van der Waals surface area contributed by atoms with E-state index in [2.05, 4.69) is 27.2 Å². The number of amides is 1. The minimum atomic E-state index is 0.0828. The fourth-order valence-corrected chi connectivity index (χ4v) is 4.16. The summed E-state index contributed by atoms with van der Waals surface area (Å²) in [5, 5.41) is 5.98. The molecule has 2 atom stereocenters. The highest BCUT2D eigenvalue weighted by Crippen LogP contribution is 2.30. The Morgan fingerprint density at radius 2 is 2.29 bits per heavy atom. The van der Waals surface area contributed by atoms with Crippen molar-refractivity contribution in [1.29, 1.82) is 0 Å². The fraction of sp³-hybridized carbons (Fsp3) is 0.556. The third kappa shape index (κ3) is 4.38. The van der Waals surface area contributed by atoms with Crippen molar-refractivity contribution in [3.05, 3.63) is 29.7 Å². The highest BCUT2D eigenvalue weighted by molar-refractivity contribution is 7.13. The molecule has 0 aliphatic heterocycles. The van der Waals surface area contributed by atoms with Gasteiger partial charge >= 0.3 is 0 Å². The molecule has 128 valence electrons. The van der Waals surface area contributed by atoms with Gasteiger partial charge in [-0.3, -0.25) is 14.8 Å². The van der Waals surface area contributed by atoms with Crippen LogP contribution in [0.3, 0.4) is 0 Å². The van der Waals surface area contributed by atoms with Crippen LogP contribution in [0.1, 0.15) is 51.1 Å². The van der Waals surface area contributed by atoms with E-state index in [1.54, 1.807) is 18.6 Å². The Bertz CT molecular complexity index is 658. The summed E-state index contributed by atoms with van der Waals surface area (Å²) in [5.41, 5.74) is 1.56. The molecular weight excluding hydrogens is 320 g/mol. The molecule has 5 nitrogen and oxygen atoms in total. The molecule has 0 radical (unpaired) electrons. The Morgan fingerprint density at radius 1 is 1.38 bits per heavy atom. The van der Waals surface area contributed by atoms with Gasteiger partial charge in [-0.25, -0.2) is 4.98 Å². The van der Waals surface area contributed by atoms with Crippen molar-refractivity contribution in [2.75, 3.05) is 0 Å². The van der Waals surface area contributed by atoms with Crippen molar-refractivity contribution < 1.29 is 4.79 Å². The van der Waals surface area contributed by atoms with Crippen LogP contribution in [0.25, 0.3) is 10.7 Å². The average Bonchev–Trinajstić information content (AvgIpc) is 3.23. The van der Waals surface area contributed by atoms with Gasteiger partial charge in [0.15, 0.2) is 0 Å². The zero-order valence-electron chi connectivity index (χ0n) is 14.1. The van der Waals surface area contributed by atoms with Gasteiger partial charge in [-0.1, -0.05) is 26.2 Å². The zero-order chi connectivity index (χ0) is 16.8. The van der Waals surface area contributed by atoms with Gasteiger partial charge in [0, 0.05) is 23.8 Å². The number of carbonyl (C=O) groups is 1. The molecule has 2 aromatic rings. The van der Waals surface area contributed by atoms with Crippen molar-refractivity contribution in [3.63, 3.8) is 0 Å². The van der Waals surface area contributed by atoms with Gasteiger partial charge in [-0.15, -0.1) is 11.3 Å². The van der Waals surface area contributed by atoms with Crippen molar-refractivity contribution in [3.8, 4) is 10.7 Å². The van der Waals surface area contributed by atoms with Gasteiger partial charge in [-0.05, 0) is 25.2 Å². The fourth-order valence-electron chi connectivity index (χ4n) is 3.38. The van der Waals surface area contributed by atoms with Crippen molar-refractivity contribution in [2.45, 2.75) is 57.9 Å². The summed E-state index contributed by atoms with van der Waals surface area (Å²) in [7, 11) is 0. The molecule has 1 fully saturated rings. The number of nitrogens with one attached hydrogen (secondary N) is 1. The molecule has 0 bridgehead atoms. The van der Waals surface area contributed by atoms with Crippen LogP contribution in [0.4, 0.5) is 0 Å². The number of hydrogen-bond donors (Lipinski definition) is 1. The van der Waals surface area contributed by atoms with E-state index in [1.165, 1.54) is 43.4 Å². The topological polar surface area (TPSA) is 67.8 Å². The van der Waals surface area contributed by atoms with Crippen LogP contribution >= 0.6 is 11.3 Å². The van der Waals surface area contributed by atoms with E-state index in [9.17, 15) is 4.79 Å². The number of thiazole rings is 1. The lowest BCUT2D eigenvalue weighted by Gasteiger charge is -2.20. The molecule has 1 amide bonds. The van der Waals surface area contributed by atoms with Gasteiger partial charge in [-0.2, -0.15) is 0 Å². The highest BCUT2D eigenvalue weighted by Gasteiger charge is 2.28. The maximum absolute atomic E-state index is 12.4. The number of aromatic nitrogens is 3. The molecule has 6 heteroatoms. The first kappa shape index (κ1) is 17.0. The second-order valence-electron chi connectivity index (χ2n) is 6.42. The smallest absolute Gasteiger partial charge is 0.226 e.